The van der Waals surface area contributed by atoms with Gasteiger partial charge in [0.25, 0.3) is 0 Å². The third-order valence-corrected chi connectivity index (χ3v) is 4.40. The molecule has 0 bridgehead atoms. The first-order valence-electron chi connectivity index (χ1n) is 8.71. The minimum absolute atomic E-state index is 0.0774. The van der Waals surface area contributed by atoms with E-state index in [0.717, 1.165) is 5.56 Å². The molecule has 3 aromatic carbocycles. The van der Waals surface area contributed by atoms with Crippen LogP contribution in [0.1, 0.15) is 21.5 Å². The van der Waals surface area contributed by atoms with E-state index in [0.29, 0.717) is 22.3 Å². The van der Waals surface area contributed by atoms with Gasteiger partial charge in [-0.25, -0.2) is 9.59 Å². The summed E-state index contributed by atoms with van der Waals surface area (Å²) in [5, 5.41) is 11.0. The summed E-state index contributed by atoms with van der Waals surface area (Å²) in [5.74, 6) is -0.125. The number of esters is 1. The molecule has 4 aromatic rings. The highest BCUT2D eigenvalue weighted by Crippen LogP contribution is 2.27. The van der Waals surface area contributed by atoms with Gasteiger partial charge in [0.1, 0.15) is 17.1 Å². The van der Waals surface area contributed by atoms with Crippen LogP contribution in [0.5, 0.6) is 11.5 Å². The van der Waals surface area contributed by atoms with Gasteiger partial charge in [-0.2, -0.15) is 0 Å². The summed E-state index contributed by atoms with van der Waals surface area (Å²) < 4.78 is 10.6. The van der Waals surface area contributed by atoms with Crippen LogP contribution in [0.3, 0.4) is 0 Å². The molecule has 1 aromatic heterocycles. The molecule has 0 aliphatic carbocycles. The van der Waals surface area contributed by atoms with Crippen molar-refractivity contribution in [1.29, 1.82) is 0 Å². The van der Waals surface area contributed by atoms with Crippen LogP contribution >= 0.6 is 0 Å². The number of benzene rings is 3. The van der Waals surface area contributed by atoms with Crippen LogP contribution in [0.4, 0.5) is 0 Å². The van der Waals surface area contributed by atoms with Crippen molar-refractivity contribution in [2.24, 2.45) is 0 Å². The lowest BCUT2D eigenvalue weighted by molar-refractivity contribution is 0.0734. The van der Waals surface area contributed by atoms with Crippen molar-refractivity contribution >= 4 is 16.9 Å². The topological polar surface area (TPSA) is 76.7 Å². The fourth-order valence-electron chi connectivity index (χ4n) is 2.95. The van der Waals surface area contributed by atoms with E-state index in [1.807, 2.05) is 6.07 Å². The third-order valence-electron chi connectivity index (χ3n) is 4.40. The summed E-state index contributed by atoms with van der Waals surface area (Å²) in [4.78, 5) is 24.3. The highest BCUT2D eigenvalue weighted by Gasteiger charge is 2.14. The molecule has 0 radical (unpaired) electrons. The number of carbonyl (C=O) groups excluding carboxylic acids is 1. The lowest BCUT2D eigenvalue weighted by Crippen LogP contribution is -2.09. The Morgan fingerprint density at radius 2 is 1.57 bits per heavy atom. The molecule has 0 spiro atoms. The minimum atomic E-state index is -0.573. The molecule has 1 N–H and O–H groups in total. The quantitative estimate of drug-likeness (QED) is 0.328. The van der Waals surface area contributed by atoms with Crippen LogP contribution in [-0.2, 0) is 6.42 Å². The second-order valence-corrected chi connectivity index (χ2v) is 6.29. The van der Waals surface area contributed by atoms with Gasteiger partial charge in [0.15, 0.2) is 0 Å². The molecule has 138 valence electrons. The van der Waals surface area contributed by atoms with Crippen molar-refractivity contribution in [3.8, 4) is 11.5 Å². The zero-order chi connectivity index (χ0) is 19.5. The molecule has 0 atom stereocenters. The lowest BCUT2D eigenvalue weighted by atomic mass is 10.0. The molecule has 0 saturated carbocycles. The van der Waals surface area contributed by atoms with Gasteiger partial charge in [0.2, 0.25) is 0 Å². The molecule has 5 nitrogen and oxygen atoms in total. The smallest absolute Gasteiger partial charge is 0.343 e. The highest BCUT2D eigenvalue weighted by molar-refractivity contribution is 5.91. The Kier molecular flexibility index (Phi) is 4.64. The van der Waals surface area contributed by atoms with Crippen LogP contribution in [-0.4, -0.2) is 11.1 Å². The SMILES string of the molecule is O=C(Oc1ccc(Cc2c(O)c3ccccc3oc2=O)cc1)c1ccccc1. The van der Waals surface area contributed by atoms with Crippen LogP contribution < -0.4 is 10.4 Å². The van der Waals surface area contributed by atoms with Crippen molar-refractivity contribution in [2.45, 2.75) is 6.42 Å². The standard InChI is InChI=1S/C23H16O5/c24-21-18-8-4-5-9-20(18)28-23(26)19(21)14-15-10-12-17(13-11-15)27-22(25)16-6-2-1-3-7-16/h1-13,24H,14H2. The van der Waals surface area contributed by atoms with Gasteiger partial charge in [-0.05, 0) is 42.0 Å². The van der Waals surface area contributed by atoms with E-state index in [4.69, 9.17) is 9.15 Å². The second kappa shape index (κ2) is 7.40. The number of ether oxygens (including phenoxy) is 1. The van der Waals surface area contributed by atoms with E-state index in [2.05, 4.69) is 0 Å². The van der Waals surface area contributed by atoms with Crippen molar-refractivity contribution < 1.29 is 19.1 Å². The van der Waals surface area contributed by atoms with Crippen molar-refractivity contribution in [1.82, 2.24) is 0 Å². The fraction of sp³-hybridized carbons (Fsp3) is 0.0435. The van der Waals surface area contributed by atoms with Crippen LogP contribution in [0.25, 0.3) is 11.0 Å². The Hall–Kier alpha value is -3.86. The molecular weight excluding hydrogens is 356 g/mol. The number of hydrogen-bond acceptors (Lipinski definition) is 5. The van der Waals surface area contributed by atoms with Gasteiger partial charge >= 0.3 is 11.6 Å². The average molecular weight is 372 g/mol. The Morgan fingerprint density at radius 3 is 2.32 bits per heavy atom. The number of hydrogen-bond donors (Lipinski definition) is 1. The van der Waals surface area contributed by atoms with Gasteiger partial charge in [-0.15, -0.1) is 0 Å². The molecule has 0 unspecified atom stereocenters. The van der Waals surface area contributed by atoms with Crippen LogP contribution in [0.15, 0.2) is 88.1 Å². The lowest BCUT2D eigenvalue weighted by Gasteiger charge is -2.08. The van der Waals surface area contributed by atoms with Crippen LogP contribution in [0.2, 0.25) is 0 Å². The fourth-order valence-corrected chi connectivity index (χ4v) is 2.95. The molecular formula is C23H16O5. The van der Waals surface area contributed by atoms with Gasteiger partial charge in [-0.3, -0.25) is 0 Å². The molecule has 5 heteroatoms. The number of aromatic hydroxyl groups is 1. The predicted octanol–water partition coefficient (Wildman–Crippen LogP) is 4.31. The Morgan fingerprint density at radius 1 is 0.893 bits per heavy atom. The monoisotopic (exact) mass is 372 g/mol. The summed E-state index contributed by atoms with van der Waals surface area (Å²) >= 11 is 0. The first-order chi connectivity index (χ1) is 13.6. The maximum Gasteiger partial charge on any atom is 0.343 e. The number of carbonyl (C=O) groups is 1. The Labute approximate surface area is 160 Å². The average Bonchev–Trinajstić information content (AvgIpc) is 2.73. The van der Waals surface area contributed by atoms with Gasteiger partial charge in [0.05, 0.1) is 16.5 Å². The maximum atomic E-state index is 12.2. The molecule has 0 aliphatic rings. The van der Waals surface area contributed by atoms with Crippen molar-refractivity contribution in [2.75, 3.05) is 0 Å². The van der Waals surface area contributed by atoms with E-state index < -0.39 is 11.6 Å². The predicted molar refractivity (Wildman–Crippen MR) is 105 cm³/mol. The zero-order valence-corrected chi connectivity index (χ0v) is 14.8. The molecule has 4 rings (SSSR count). The third kappa shape index (κ3) is 3.50. The summed E-state index contributed by atoms with van der Waals surface area (Å²) in [7, 11) is 0. The molecule has 0 saturated heterocycles. The van der Waals surface area contributed by atoms with Crippen LogP contribution in [0, 0.1) is 0 Å². The molecule has 1 heterocycles. The summed E-state index contributed by atoms with van der Waals surface area (Å²) in [6.45, 7) is 0. The molecule has 0 fully saturated rings. The first kappa shape index (κ1) is 17.5. The summed E-state index contributed by atoms with van der Waals surface area (Å²) in [5.41, 5.74) is 1.20. The molecule has 28 heavy (non-hydrogen) atoms. The molecule has 0 amide bonds. The van der Waals surface area contributed by atoms with E-state index in [9.17, 15) is 14.7 Å². The highest BCUT2D eigenvalue weighted by atomic mass is 16.5. The second-order valence-electron chi connectivity index (χ2n) is 6.29. The number of fused-ring (bicyclic) bond motifs is 1. The first-order valence-corrected chi connectivity index (χ1v) is 8.71. The van der Waals surface area contributed by atoms with E-state index >= 15 is 0 Å². The summed E-state index contributed by atoms with van der Waals surface area (Å²) in [6, 6.07) is 22.3. The number of rotatable bonds is 4. The van der Waals surface area contributed by atoms with Gasteiger partial charge < -0.3 is 14.3 Å². The minimum Gasteiger partial charge on any atom is -0.507 e. The maximum absolute atomic E-state index is 12.2. The Bertz CT molecular complexity index is 1190. The largest absolute Gasteiger partial charge is 0.507 e. The zero-order valence-electron chi connectivity index (χ0n) is 14.8. The number of para-hydroxylation sites is 1. The van der Waals surface area contributed by atoms with Crippen molar-refractivity contribution in [3.05, 3.63) is 106 Å². The van der Waals surface area contributed by atoms with Gasteiger partial charge in [-0.1, -0.05) is 42.5 Å². The van der Waals surface area contributed by atoms with E-state index in [1.54, 1.807) is 72.8 Å². The Balaban J connectivity index is 1.55. The summed E-state index contributed by atoms with van der Waals surface area (Å²) in [6.07, 6.45) is 0.200. The van der Waals surface area contributed by atoms with Gasteiger partial charge in [0, 0.05) is 6.42 Å². The van der Waals surface area contributed by atoms with E-state index in [-0.39, 0.29) is 17.7 Å². The van der Waals surface area contributed by atoms with E-state index in [1.165, 1.54) is 0 Å². The molecule has 0 aliphatic heterocycles. The van der Waals surface area contributed by atoms with Crippen molar-refractivity contribution in [3.63, 3.8) is 0 Å². The normalized spacial score (nSPS) is 10.7.